The predicted molar refractivity (Wildman–Crippen MR) is 76.8 cm³/mol. The Balaban J connectivity index is 2.13. The third-order valence-corrected chi connectivity index (χ3v) is 3.58. The van der Waals surface area contributed by atoms with Gasteiger partial charge in [-0.05, 0) is 46.7 Å². The van der Waals surface area contributed by atoms with Gasteiger partial charge in [0.1, 0.15) is 12.1 Å². The second kappa shape index (κ2) is 6.02. The van der Waals surface area contributed by atoms with Crippen molar-refractivity contribution in [2.45, 2.75) is 24.9 Å². The molecule has 1 fully saturated rings. The fourth-order valence-electron chi connectivity index (χ4n) is 1.96. The zero-order chi connectivity index (χ0) is 13.8. The Kier molecular flexibility index (Phi) is 4.37. The van der Waals surface area contributed by atoms with Crippen LogP contribution in [0.3, 0.4) is 0 Å². The number of nitrogens with one attached hydrogen (secondary N) is 2. The number of piperazine rings is 1. The van der Waals surface area contributed by atoms with Gasteiger partial charge in [-0.3, -0.25) is 9.59 Å². The zero-order valence-corrected chi connectivity index (χ0v) is 12.2. The first-order chi connectivity index (χ1) is 9.11. The molecule has 5 nitrogen and oxygen atoms in total. The molecular weight excluding hydrogens is 357 g/mol. The summed E-state index contributed by atoms with van der Waals surface area (Å²) in [5.41, 5.74) is 0.761. The summed E-state index contributed by atoms with van der Waals surface area (Å²) in [7, 11) is 0. The summed E-state index contributed by atoms with van der Waals surface area (Å²) in [4.78, 5) is 23.9. The minimum Gasteiger partial charge on any atom is -0.342 e. The lowest BCUT2D eigenvalue weighted by Crippen LogP contribution is -2.57. The quantitative estimate of drug-likeness (QED) is 0.787. The standard InChI is InChI=1S/C13H12IN3O2/c14-9-4-1-3-8(7-9)11-13(19)16-10(5-2-6-15)12(18)17-11/h1,3-4,7,10-11H,2,5H2,(H,16,19)(H,17,18). The molecule has 0 spiro atoms. The molecule has 0 radical (unpaired) electrons. The van der Waals surface area contributed by atoms with Gasteiger partial charge in [0.25, 0.3) is 0 Å². The topological polar surface area (TPSA) is 82.0 Å². The van der Waals surface area contributed by atoms with Gasteiger partial charge in [-0.2, -0.15) is 5.26 Å². The largest absolute Gasteiger partial charge is 0.342 e. The second-order valence-corrected chi connectivity index (χ2v) is 5.50. The van der Waals surface area contributed by atoms with Crippen molar-refractivity contribution in [3.05, 3.63) is 33.4 Å². The van der Waals surface area contributed by atoms with Crippen molar-refractivity contribution in [1.29, 1.82) is 5.26 Å². The molecule has 6 heteroatoms. The Hall–Kier alpha value is -1.62. The van der Waals surface area contributed by atoms with Crippen molar-refractivity contribution in [3.8, 4) is 6.07 Å². The van der Waals surface area contributed by atoms with Crippen LogP contribution in [0.5, 0.6) is 0 Å². The van der Waals surface area contributed by atoms with E-state index in [1.165, 1.54) is 0 Å². The molecule has 1 aliphatic rings. The van der Waals surface area contributed by atoms with Crippen LogP contribution >= 0.6 is 22.6 Å². The van der Waals surface area contributed by atoms with Crippen LogP contribution in [0.1, 0.15) is 24.4 Å². The first-order valence-corrected chi connectivity index (χ1v) is 6.93. The molecule has 1 heterocycles. The van der Waals surface area contributed by atoms with Crippen LogP contribution < -0.4 is 10.6 Å². The molecule has 2 amide bonds. The van der Waals surface area contributed by atoms with Crippen LogP contribution in [0.25, 0.3) is 0 Å². The van der Waals surface area contributed by atoms with Crippen LogP contribution in [-0.4, -0.2) is 17.9 Å². The predicted octanol–water partition coefficient (Wildman–Crippen LogP) is 1.25. The molecule has 19 heavy (non-hydrogen) atoms. The molecule has 2 N–H and O–H groups in total. The lowest BCUT2D eigenvalue weighted by Gasteiger charge is -2.29. The number of halogens is 1. The van der Waals surface area contributed by atoms with E-state index in [1.54, 1.807) is 0 Å². The monoisotopic (exact) mass is 369 g/mol. The van der Waals surface area contributed by atoms with Gasteiger partial charge in [-0.1, -0.05) is 12.1 Å². The minimum absolute atomic E-state index is 0.232. The highest BCUT2D eigenvalue weighted by atomic mass is 127. The van der Waals surface area contributed by atoms with Crippen molar-refractivity contribution in [2.24, 2.45) is 0 Å². The lowest BCUT2D eigenvalue weighted by molar-refractivity contribution is -0.137. The van der Waals surface area contributed by atoms with Crippen molar-refractivity contribution >= 4 is 34.4 Å². The van der Waals surface area contributed by atoms with Crippen LogP contribution in [0.15, 0.2) is 24.3 Å². The number of nitriles is 1. The maximum Gasteiger partial charge on any atom is 0.247 e. The molecule has 98 valence electrons. The molecule has 2 rings (SSSR count). The molecule has 2 unspecified atom stereocenters. The van der Waals surface area contributed by atoms with E-state index in [-0.39, 0.29) is 18.2 Å². The minimum atomic E-state index is -0.652. The summed E-state index contributed by atoms with van der Waals surface area (Å²) in [5, 5.41) is 13.9. The van der Waals surface area contributed by atoms with E-state index in [0.29, 0.717) is 6.42 Å². The molecule has 0 saturated carbocycles. The second-order valence-electron chi connectivity index (χ2n) is 4.25. The first-order valence-electron chi connectivity index (χ1n) is 5.85. The van der Waals surface area contributed by atoms with E-state index in [4.69, 9.17) is 5.26 Å². The van der Waals surface area contributed by atoms with Crippen molar-refractivity contribution in [1.82, 2.24) is 10.6 Å². The molecule has 0 aromatic heterocycles. The molecule has 1 saturated heterocycles. The van der Waals surface area contributed by atoms with Gasteiger partial charge in [-0.15, -0.1) is 0 Å². The van der Waals surface area contributed by atoms with E-state index in [0.717, 1.165) is 9.13 Å². The van der Waals surface area contributed by atoms with E-state index < -0.39 is 12.1 Å². The number of amides is 2. The summed E-state index contributed by atoms with van der Waals surface area (Å²) in [5.74, 6) is -0.469. The third kappa shape index (κ3) is 3.23. The van der Waals surface area contributed by atoms with Crippen LogP contribution in [0, 0.1) is 14.9 Å². The lowest BCUT2D eigenvalue weighted by atomic mass is 10.0. The Bertz CT molecular complexity index is 553. The highest BCUT2D eigenvalue weighted by Crippen LogP contribution is 2.19. The Labute approximate surface area is 124 Å². The van der Waals surface area contributed by atoms with Gasteiger partial charge in [0.15, 0.2) is 0 Å². The van der Waals surface area contributed by atoms with Gasteiger partial charge in [0.2, 0.25) is 11.8 Å². The Morgan fingerprint density at radius 2 is 2.05 bits per heavy atom. The number of nitrogens with zero attached hydrogens (tertiary/aromatic N) is 1. The van der Waals surface area contributed by atoms with Gasteiger partial charge in [-0.25, -0.2) is 0 Å². The number of benzene rings is 1. The van der Waals surface area contributed by atoms with Gasteiger partial charge in [0.05, 0.1) is 6.07 Å². The summed E-state index contributed by atoms with van der Waals surface area (Å²) < 4.78 is 1.00. The van der Waals surface area contributed by atoms with Gasteiger partial charge < -0.3 is 10.6 Å². The third-order valence-electron chi connectivity index (χ3n) is 2.91. The van der Waals surface area contributed by atoms with Crippen molar-refractivity contribution in [2.75, 3.05) is 0 Å². The van der Waals surface area contributed by atoms with Crippen molar-refractivity contribution in [3.63, 3.8) is 0 Å². The highest BCUT2D eigenvalue weighted by molar-refractivity contribution is 14.1. The van der Waals surface area contributed by atoms with Crippen molar-refractivity contribution < 1.29 is 9.59 Å². The Morgan fingerprint density at radius 1 is 1.26 bits per heavy atom. The summed E-state index contributed by atoms with van der Waals surface area (Å²) in [6, 6.07) is 8.14. The summed E-state index contributed by atoms with van der Waals surface area (Å²) in [6.45, 7) is 0. The normalized spacial score (nSPS) is 22.3. The Morgan fingerprint density at radius 3 is 2.74 bits per heavy atom. The van der Waals surface area contributed by atoms with E-state index >= 15 is 0 Å². The molecule has 0 bridgehead atoms. The summed E-state index contributed by atoms with van der Waals surface area (Å²) >= 11 is 2.16. The smallest absolute Gasteiger partial charge is 0.247 e. The van der Waals surface area contributed by atoms with Crippen LogP contribution in [-0.2, 0) is 9.59 Å². The fraction of sp³-hybridized carbons (Fsp3) is 0.308. The zero-order valence-electron chi connectivity index (χ0n) is 10.0. The molecule has 1 aromatic rings. The molecule has 2 atom stereocenters. The number of carbonyl (C=O) groups excluding carboxylic acids is 2. The summed E-state index contributed by atoms with van der Waals surface area (Å²) in [6.07, 6.45) is 0.583. The maximum atomic E-state index is 12.0. The number of carbonyl (C=O) groups is 2. The maximum absolute atomic E-state index is 12.0. The SMILES string of the molecule is N#CCCC1NC(=O)C(c2cccc(I)c2)NC1=O. The van der Waals surface area contributed by atoms with Crippen LogP contribution in [0.2, 0.25) is 0 Å². The number of rotatable bonds is 3. The highest BCUT2D eigenvalue weighted by Gasteiger charge is 2.34. The molecular formula is C13H12IN3O2. The average molecular weight is 369 g/mol. The van der Waals surface area contributed by atoms with E-state index in [1.807, 2.05) is 30.3 Å². The van der Waals surface area contributed by atoms with Gasteiger partial charge >= 0.3 is 0 Å². The van der Waals surface area contributed by atoms with Crippen LogP contribution in [0.4, 0.5) is 0 Å². The fourth-order valence-corrected chi connectivity index (χ4v) is 2.53. The number of hydrogen-bond acceptors (Lipinski definition) is 3. The molecule has 1 aromatic carbocycles. The van der Waals surface area contributed by atoms with Gasteiger partial charge in [0, 0.05) is 9.99 Å². The molecule has 1 aliphatic heterocycles. The first kappa shape index (κ1) is 13.8. The molecule has 0 aliphatic carbocycles. The van der Waals surface area contributed by atoms with E-state index in [2.05, 4.69) is 33.2 Å². The van der Waals surface area contributed by atoms with E-state index in [9.17, 15) is 9.59 Å². The number of hydrogen-bond donors (Lipinski definition) is 2. The average Bonchev–Trinajstić information content (AvgIpc) is 2.39.